The molecule has 106 valence electrons. The SMILES string of the molecule is CC(C)Oc1cc(Nc2c(Cl)cccc2Cl)ccc1N. The van der Waals surface area contributed by atoms with Gasteiger partial charge in [0.25, 0.3) is 0 Å². The van der Waals surface area contributed by atoms with Gasteiger partial charge in [-0.3, -0.25) is 0 Å². The Morgan fingerprint density at radius 2 is 1.75 bits per heavy atom. The van der Waals surface area contributed by atoms with E-state index >= 15 is 0 Å². The summed E-state index contributed by atoms with van der Waals surface area (Å²) in [5.41, 5.74) is 7.95. The van der Waals surface area contributed by atoms with Gasteiger partial charge >= 0.3 is 0 Å². The number of nitrogens with two attached hydrogens (primary N) is 1. The Morgan fingerprint density at radius 1 is 1.10 bits per heavy atom. The zero-order valence-corrected chi connectivity index (χ0v) is 12.8. The van der Waals surface area contributed by atoms with E-state index in [-0.39, 0.29) is 6.10 Å². The molecule has 0 fully saturated rings. The molecular formula is C15H16Cl2N2O. The molecule has 0 aliphatic heterocycles. The van der Waals surface area contributed by atoms with Crippen molar-refractivity contribution in [3.63, 3.8) is 0 Å². The fourth-order valence-electron chi connectivity index (χ4n) is 1.73. The average Bonchev–Trinajstić information content (AvgIpc) is 2.37. The molecule has 0 radical (unpaired) electrons. The molecule has 0 spiro atoms. The van der Waals surface area contributed by atoms with Gasteiger partial charge < -0.3 is 15.8 Å². The number of hydrogen-bond donors (Lipinski definition) is 2. The van der Waals surface area contributed by atoms with Gasteiger partial charge in [-0.2, -0.15) is 0 Å². The van der Waals surface area contributed by atoms with Crippen molar-refractivity contribution in [2.75, 3.05) is 11.1 Å². The lowest BCUT2D eigenvalue weighted by atomic mass is 10.2. The van der Waals surface area contributed by atoms with Crippen LogP contribution >= 0.6 is 23.2 Å². The van der Waals surface area contributed by atoms with Crippen LogP contribution in [0.5, 0.6) is 5.75 Å². The second-order valence-corrected chi connectivity index (χ2v) is 5.46. The molecule has 0 saturated heterocycles. The van der Waals surface area contributed by atoms with Crippen LogP contribution in [0.4, 0.5) is 17.1 Å². The topological polar surface area (TPSA) is 47.3 Å². The third kappa shape index (κ3) is 3.50. The fourth-order valence-corrected chi connectivity index (χ4v) is 2.22. The summed E-state index contributed by atoms with van der Waals surface area (Å²) >= 11 is 12.3. The zero-order valence-electron chi connectivity index (χ0n) is 11.3. The van der Waals surface area contributed by atoms with Crippen molar-refractivity contribution in [1.82, 2.24) is 0 Å². The number of anilines is 3. The summed E-state index contributed by atoms with van der Waals surface area (Å²) in [4.78, 5) is 0. The van der Waals surface area contributed by atoms with Crippen LogP contribution in [0.3, 0.4) is 0 Å². The van der Waals surface area contributed by atoms with E-state index in [4.69, 9.17) is 33.7 Å². The monoisotopic (exact) mass is 310 g/mol. The van der Waals surface area contributed by atoms with Gasteiger partial charge in [-0.15, -0.1) is 0 Å². The lowest BCUT2D eigenvalue weighted by Gasteiger charge is -2.15. The van der Waals surface area contributed by atoms with Crippen LogP contribution in [-0.2, 0) is 0 Å². The van der Waals surface area contributed by atoms with Crippen LogP contribution in [0.15, 0.2) is 36.4 Å². The predicted molar refractivity (Wildman–Crippen MR) is 86.4 cm³/mol. The number of para-hydroxylation sites is 1. The molecule has 5 heteroatoms. The maximum Gasteiger partial charge on any atom is 0.144 e. The van der Waals surface area contributed by atoms with Gasteiger partial charge in [-0.1, -0.05) is 29.3 Å². The van der Waals surface area contributed by atoms with Crippen molar-refractivity contribution in [3.8, 4) is 5.75 Å². The van der Waals surface area contributed by atoms with E-state index in [9.17, 15) is 0 Å². The minimum atomic E-state index is 0.0523. The molecular weight excluding hydrogens is 295 g/mol. The van der Waals surface area contributed by atoms with Crippen molar-refractivity contribution in [2.45, 2.75) is 20.0 Å². The Labute approximate surface area is 128 Å². The van der Waals surface area contributed by atoms with Gasteiger partial charge in [0.2, 0.25) is 0 Å². The fraction of sp³-hybridized carbons (Fsp3) is 0.200. The Hall–Kier alpha value is -1.58. The normalized spacial score (nSPS) is 10.7. The lowest BCUT2D eigenvalue weighted by molar-refractivity contribution is 0.244. The first-order chi connectivity index (χ1) is 9.47. The Kier molecular flexibility index (Phi) is 4.63. The molecule has 20 heavy (non-hydrogen) atoms. The van der Waals surface area contributed by atoms with Crippen LogP contribution < -0.4 is 15.8 Å². The summed E-state index contributed by atoms with van der Waals surface area (Å²) in [5, 5.41) is 4.29. The quantitative estimate of drug-likeness (QED) is 0.772. The van der Waals surface area contributed by atoms with E-state index in [1.54, 1.807) is 24.3 Å². The van der Waals surface area contributed by atoms with E-state index in [1.807, 2.05) is 26.0 Å². The van der Waals surface area contributed by atoms with E-state index in [0.29, 0.717) is 27.2 Å². The van der Waals surface area contributed by atoms with Crippen molar-refractivity contribution >= 4 is 40.3 Å². The molecule has 0 aliphatic rings. The summed E-state index contributed by atoms with van der Waals surface area (Å²) in [6.45, 7) is 3.90. The molecule has 2 aromatic rings. The molecule has 0 aliphatic carbocycles. The second kappa shape index (κ2) is 6.25. The highest BCUT2D eigenvalue weighted by Crippen LogP contribution is 2.34. The molecule has 2 aromatic carbocycles. The van der Waals surface area contributed by atoms with Gasteiger partial charge in [0.1, 0.15) is 5.75 Å². The van der Waals surface area contributed by atoms with Gasteiger partial charge in [-0.05, 0) is 38.1 Å². The van der Waals surface area contributed by atoms with Crippen LogP contribution in [-0.4, -0.2) is 6.10 Å². The summed E-state index contributed by atoms with van der Waals surface area (Å²) in [6, 6.07) is 10.8. The second-order valence-electron chi connectivity index (χ2n) is 4.64. The number of rotatable bonds is 4. The number of nitrogens with one attached hydrogen (secondary N) is 1. The highest BCUT2D eigenvalue weighted by Gasteiger charge is 2.08. The molecule has 0 amide bonds. The van der Waals surface area contributed by atoms with Crippen molar-refractivity contribution < 1.29 is 4.74 Å². The van der Waals surface area contributed by atoms with Crippen LogP contribution in [0, 0.1) is 0 Å². The summed E-state index contributed by atoms with van der Waals surface area (Å²) in [6.07, 6.45) is 0.0523. The molecule has 2 rings (SSSR count). The van der Waals surface area contributed by atoms with Gasteiger partial charge in [-0.25, -0.2) is 0 Å². The maximum absolute atomic E-state index is 6.13. The molecule has 3 nitrogen and oxygen atoms in total. The zero-order chi connectivity index (χ0) is 14.7. The Balaban J connectivity index is 2.30. The minimum Gasteiger partial charge on any atom is -0.489 e. The number of ether oxygens (including phenoxy) is 1. The Bertz CT molecular complexity index is 595. The maximum atomic E-state index is 6.13. The summed E-state index contributed by atoms with van der Waals surface area (Å²) in [7, 11) is 0. The molecule has 0 atom stereocenters. The van der Waals surface area contributed by atoms with Crippen LogP contribution in [0.1, 0.15) is 13.8 Å². The number of nitrogen functional groups attached to an aromatic ring is 1. The van der Waals surface area contributed by atoms with Crippen molar-refractivity contribution in [1.29, 1.82) is 0 Å². The number of benzene rings is 2. The van der Waals surface area contributed by atoms with Gasteiger partial charge in [0.05, 0.1) is 27.5 Å². The third-order valence-corrected chi connectivity index (χ3v) is 3.24. The minimum absolute atomic E-state index is 0.0523. The largest absolute Gasteiger partial charge is 0.489 e. The number of halogens is 2. The molecule has 0 saturated carbocycles. The molecule has 0 bridgehead atoms. The molecule has 3 N–H and O–H groups in total. The van der Waals surface area contributed by atoms with Gasteiger partial charge in [0, 0.05) is 11.8 Å². The lowest BCUT2D eigenvalue weighted by Crippen LogP contribution is -2.07. The van der Waals surface area contributed by atoms with Crippen LogP contribution in [0.25, 0.3) is 0 Å². The smallest absolute Gasteiger partial charge is 0.144 e. The van der Waals surface area contributed by atoms with Crippen LogP contribution in [0.2, 0.25) is 10.0 Å². The molecule has 0 aromatic heterocycles. The van der Waals surface area contributed by atoms with Gasteiger partial charge in [0.15, 0.2) is 0 Å². The van der Waals surface area contributed by atoms with Crippen molar-refractivity contribution in [2.24, 2.45) is 0 Å². The van der Waals surface area contributed by atoms with E-state index in [0.717, 1.165) is 5.69 Å². The highest BCUT2D eigenvalue weighted by atomic mass is 35.5. The molecule has 0 unspecified atom stereocenters. The summed E-state index contributed by atoms with van der Waals surface area (Å²) in [5.74, 6) is 0.633. The first-order valence-electron chi connectivity index (χ1n) is 6.24. The van der Waals surface area contributed by atoms with E-state index in [1.165, 1.54) is 0 Å². The van der Waals surface area contributed by atoms with E-state index < -0.39 is 0 Å². The average molecular weight is 311 g/mol. The summed E-state index contributed by atoms with van der Waals surface area (Å²) < 4.78 is 5.65. The first-order valence-corrected chi connectivity index (χ1v) is 7.00. The number of hydrogen-bond acceptors (Lipinski definition) is 3. The highest BCUT2D eigenvalue weighted by molar-refractivity contribution is 6.39. The Morgan fingerprint density at radius 3 is 2.35 bits per heavy atom. The van der Waals surface area contributed by atoms with Crippen molar-refractivity contribution in [3.05, 3.63) is 46.4 Å². The first kappa shape index (κ1) is 14.8. The predicted octanol–water partition coefficient (Wildman–Crippen LogP) is 5.11. The molecule has 0 heterocycles. The standard InChI is InChI=1S/C15H16Cl2N2O/c1-9(2)20-14-8-10(6-7-13(14)18)19-15-11(16)4-3-5-12(15)17/h3-9,19H,18H2,1-2H3. The van der Waals surface area contributed by atoms with E-state index in [2.05, 4.69) is 5.32 Å². The third-order valence-electron chi connectivity index (χ3n) is 2.61.